The van der Waals surface area contributed by atoms with E-state index in [1.54, 1.807) is 6.08 Å². The van der Waals surface area contributed by atoms with Crippen molar-refractivity contribution in [2.75, 3.05) is 0 Å². The topological polar surface area (TPSA) is 29.1 Å². The van der Waals surface area contributed by atoms with Crippen molar-refractivity contribution < 1.29 is 4.79 Å². The van der Waals surface area contributed by atoms with Crippen molar-refractivity contribution in [1.29, 1.82) is 0 Å². The first-order valence-corrected chi connectivity index (χ1v) is 6.61. The Balaban J connectivity index is 1.93. The van der Waals surface area contributed by atoms with Crippen LogP contribution >= 0.6 is 24.0 Å². The van der Waals surface area contributed by atoms with Gasteiger partial charge in [-0.05, 0) is 11.6 Å². The van der Waals surface area contributed by atoms with E-state index in [-0.39, 0.29) is 5.91 Å². The Bertz CT molecular complexity index is 544. The van der Waals surface area contributed by atoms with Crippen LogP contribution in [-0.2, 0) is 4.79 Å². The normalized spacial score (nSPS) is 18.1. The lowest BCUT2D eigenvalue weighted by Gasteiger charge is -1.88. The molecule has 0 saturated carbocycles. The summed E-state index contributed by atoms with van der Waals surface area (Å²) in [4.78, 5) is 12.0. The van der Waals surface area contributed by atoms with Gasteiger partial charge in [-0.25, -0.2) is 0 Å². The van der Waals surface area contributed by atoms with Crippen LogP contribution in [0.4, 0.5) is 0 Å². The summed E-state index contributed by atoms with van der Waals surface area (Å²) in [5.74, 6) is -0.123. The van der Waals surface area contributed by atoms with Crippen molar-refractivity contribution >= 4 is 40.3 Å². The number of rotatable bonds is 3. The smallest absolute Gasteiger partial charge is 0.263 e. The molecule has 4 heteroatoms. The molecule has 0 atom stereocenters. The minimum absolute atomic E-state index is 0.123. The fourth-order valence-electron chi connectivity index (χ4n) is 1.37. The minimum atomic E-state index is -0.123. The first kappa shape index (κ1) is 12.8. The van der Waals surface area contributed by atoms with Crippen molar-refractivity contribution in [2.45, 2.75) is 0 Å². The van der Waals surface area contributed by atoms with Crippen LogP contribution in [0.5, 0.6) is 0 Å². The minimum Gasteiger partial charge on any atom is -0.307 e. The summed E-state index contributed by atoms with van der Waals surface area (Å²) >= 11 is 6.18. The van der Waals surface area contributed by atoms with Crippen LogP contribution in [0, 0.1) is 0 Å². The molecule has 0 bridgehead atoms. The van der Waals surface area contributed by atoms with Gasteiger partial charge in [0.15, 0.2) is 0 Å². The Morgan fingerprint density at radius 1 is 1.11 bits per heavy atom. The molecule has 2 rings (SSSR count). The van der Waals surface area contributed by atoms with E-state index in [0.717, 1.165) is 5.56 Å². The predicted molar refractivity (Wildman–Crippen MR) is 81.0 cm³/mol. The number of thioether (sulfide) groups is 1. The summed E-state index contributed by atoms with van der Waals surface area (Å²) in [5, 5.41) is 2.57. The highest BCUT2D eigenvalue weighted by Gasteiger charge is 2.20. The largest absolute Gasteiger partial charge is 0.307 e. The number of hydrogen-bond donors (Lipinski definition) is 1. The second kappa shape index (κ2) is 6.33. The molecule has 1 N–H and O–H groups in total. The van der Waals surface area contributed by atoms with E-state index in [4.69, 9.17) is 12.2 Å². The maximum Gasteiger partial charge on any atom is 0.263 e. The number of carbonyl (C=O) groups excluding carboxylic acids is 1. The van der Waals surface area contributed by atoms with E-state index in [0.29, 0.717) is 9.23 Å². The Kier molecular flexibility index (Phi) is 4.50. The number of thiocarbonyl (C=S) groups is 1. The van der Waals surface area contributed by atoms with Gasteiger partial charge >= 0.3 is 0 Å². The van der Waals surface area contributed by atoms with Gasteiger partial charge in [0, 0.05) is 0 Å². The van der Waals surface area contributed by atoms with E-state index in [2.05, 4.69) is 5.32 Å². The van der Waals surface area contributed by atoms with Crippen molar-refractivity contribution in [3.8, 4) is 0 Å². The third-order valence-electron chi connectivity index (χ3n) is 2.20. The molecular formula is C14H11NOS2. The summed E-state index contributed by atoms with van der Waals surface area (Å²) in [6.45, 7) is 0. The summed E-state index contributed by atoms with van der Waals surface area (Å²) in [5.41, 5.74) is 1.14. The van der Waals surface area contributed by atoms with Gasteiger partial charge < -0.3 is 5.32 Å². The Labute approximate surface area is 115 Å². The molecular weight excluding hydrogens is 262 g/mol. The number of benzene rings is 1. The van der Waals surface area contributed by atoms with Gasteiger partial charge in [-0.2, -0.15) is 0 Å². The van der Waals surface area contributed by atoms with Gasteiger partial charge in [0.25, 0.3) is 5.91 Å². The molecule has 1 aromatic carbocycles. The van der Waals surface area contributed by atoms with Gasteiger partial charge in [-0.3, -0.25) is 4.79 Å². The van der Waals surface area contributed by atoms with E-state index in [9.17, 15) is 4.79 Å². The van der Waals surface area contributed by atoms with E-state index < -0.39 is 0 Å². The van der Waals surface area contributed by atoms with E-state index in [1.807, 2.05) is 54.6 Å². The maximum absolute atomic E-state index is 11.3. The van der Waals surface area contributed by atoms with Crippen LogP contribution in [-0.4, -0.2) is 10.2 Å². The zero-order valence-corrected chi connectivity index (χ0v) is 11.1. The number of amides is 1. The highest BCUT2D eigenvalue weighted by molar-refractivity contribution is 8.26. The van der Waals surface area contributed by atoms with Crippen LogP contribution in [0.3, 0.4) is 0 Å². The highest BCUT2D eigenvalue weighted by atomic mass is 32.2. The molecule has 90 valence electrons. The number of nitrogens with one attached hydrogen (secondary N) is 1. The third-order valence-corrected chi connectivity index (χ3v) is 3.38. The molecule has 1 aromatic rings. The highest BCUT2D eigenvalue weighted by Crippen LogP contribution is 2.22. The van der Waals surface area contributed by atoms with Gasteiger partial charge in [-0.1, -0.05) is 78.6 Å². The Morgan fingerprint density at radius 3 is 2.56 bits per heavy atom. The fraction of sp³-hybridized carbons (Fsp3) is 0. The van der Waals surface area contributed by atoms with Crippen LogP contribution in [0.2, 0.25) is 0 Å². The van der Waals surface area contributed by atoms with Gasteiger partial charge in [0.2, 0.25) is 0 Å². The zero-order chi connectivity index (χ0) is 12.8. The fourth-order valence-corrected chi connectivity index (χ4v) is 2.37. The van der Waals surface area contributed by atoms with E-state index in [1.165, 1.54) is 11.8 Å². The number of carbonyl (C=O) groups is 1. The summed E-state index contributed by atoms with van der Waals surface area (Å²) in [6.07, 6.45) is 9.41. The van der Waals surface area contributed by atoms with Crippen molar-refractivity contribution in [1.82, 2.24) is 5.32 Å². The summed E-state index contributed by atoms with van der Waals surface area (Å²) in [7, 11) is 0. The third kappa shape index (κ3) is 3.68. The molecule has 18 heavy (non-hydrogen) atoms. The second-order valence-corrected chi connectivity index (χ2v) is 5.25. The average Bonchev–Trinajstić information content (AvgIpc) is 2.69. The lowest BCUT2D eigenvalue weighted by molar-refractivity contribution is -0.115. The lowest BCUT2D eigenvalue weighted by atomic mass is 10.2. The van der Waals surface area contributed by atoms with Crippen LogP contribution in [0.25, 0.3) is 6.08 Å². The molecule has 1 amide bonds. The molecule has 0 aromatic heterocycles. The first-order chi connectivity index (χ1) is 8.75. The molecule has 1 fully saturated rings. The monoisotopic (exact) mass is 273 g/mol. The molecule has 1 aliphatic heterocycles. The van der Waals surface area contributed by atoms with Crippen LogP contribution < -0.4 is 5.32 Å². The molecule has 1 saturated heterocycles. The second-order valence-electron chi connectivity index (χ2n) is 3.53. The van der Waals surface area contributed by atoms with E-state index >= 15 is 0 Å². The quantitative estimate of drug-likeness (QED) is 0.520. The molecule has 0 aliphatic carbocycles. The molecule has 0 spiro atoms. The van der Waals surface area contributed by atoms with Gasteiger partial charge in [0.1, 0.15) is 4.32 Å². The van der Waals surface area contributed by atoms with Crippen LogP contribution in [0.15, 0.2) is 59.5 Å². The van der Waals surface area contributed by atoms with Crippen molar-refractivity contribution in [2.24, 2.45) is 0 Å². The molecule has 0 unspecified atom stereocenters. The molecule has 2 nitrogen and oxygen atoms in total. The van der Waals surface area contributed by atoms with Crippen LogP contribution in [0.1, 0.15) is 5.56 Å². The Hall–Kier alpha value is -1.65. The standard InChI is InChI=1S/C14H11NOS2/c16-13-12(18-14(17)15-13)10-6-2-5-9-11-7-3-1-4-8-11/h1-10H,(H,15,16,17). The first-order valence-electron chi connectivity index (χ1n) is 5.39. The molecule has 1 aliphatic rings. The van der Waals surface area contributed by atoms with Crippen molar-refractivity contribution in [3.63, 3.8) is 0 Å². The van der Waals surface area contributed by atoms with Crippen molar-refractivity contribution in [3.05, 3.63) is 65.1 Å². The number of hydrogen-bond acceptors (Lipinski definition) is 3. The van der Waals surface area contributed by atoms with Gasteiger partial charge in [0.05, 0.1) is 4.91 Å². The summed E-state index contributed by atoms with van der Waals surface area (Å²) < 4.78 is 0.513. The zero-order valence-electron chi connectivity index (χ0n) is 9.50. The average molecular weight is 273 g/mol. The number of allylic oxidation sites excluding steroid dienone is 4. The predicted octanol–water partition coefficient (Wildman–Crippen LogP) is 3.29. The molecule has 1 heterocycles. The SMILES string of the molecule is O=C1NC(=S)SC1=CC=CC=Cc1ccccc1. The lowest BCUT2D eigenvalue weighted by Crippen LogP contribution is -2.17. The Morgan fingerprint density at radius 2 is 1.89 bits per heavy atom. The summed E-state index contributed by atoms with van der Waals surface area (Å²) in [6, 6.07) is 10.0. The van der Waals surface area contributed by atoms with Gasteiger partial charge in [-0.15, -0.1) is 0 Å². The molecule has 0 radical (unpaired) electrons. The maximum atomic E-state index is 11.3.